The van der Waals surface area contributed by atoms with Crippen LogP contribution >= 0.6 is 23.5 Å². The molecular formula is C21H32N2O4S2. The van der Waals surface area contributed by atoms with Gasteiger partial charge < -0.3 is 20.5 Å². The molecule has 1 aromatic rings. The fourth-order valence-electron chi connectivity index (χ4n) is 3.38. The molecule has 1 saturated heterocycles. The number of nitrogens with two attached hydrogens (primary N) is 1. The zero-order chi connectivity index (χ0) is 21.4. The summed E-state index contributed by atoms with van der Waals surface area (Å²) >= 11 is 3.76. The Morgan fingerprint density at radius 1 is 1.24 bits per heavy atom. The van der Waals surface area contributed by atoms with E-state index in [1.54, 1.807) is 7.11 Å². The van der Waals surface area contributed by atoms with Crippen LogP contribution in [0, 0.1) is 5.92 Å². The normalized spacial score (nSPS) is 18.5. The molecular weight excluding hydrogens is 408 g/mol. The minimum absolute atomic E-state index is 0.0283. The fraction of sp³-hybridized carbons (Fsp3) is 0.619. The molecule has 0 saturated carbocycles. The average Bonchev–Trinajstić information content (AvgIpc) is 3.24. The lowest BCUT2D eigenvalue weighted by atomic mass is 9.98. The molecule has 1 amide bonds. The van der Waals surface area contributed by atoms with Crippen LogP contribution < -0.4 is 15.8 Å². The third-order valence-electron chi connectivity index (χ3n) is 5.36. The van der Waals surface area contributed by atoms with E-state index in [2.05, 4.69) is 11.4 Å². The number of hydrogen-bond acceptors (Lipinski definition) is 7. The van der Waals surface area contributed by atoms with Crippen LogP contribution in [0.3, 0.4) is 0 Å². The largest absolute Gasteiger partial charge is 0.496 e. The number of ether oxygens (including phenoxy) is 2. The Bertz CT molecular complexity index is 695. The van der Waals surface area contributed by atoms with Crippen LogP contribution in [-0.2, 0) is 18.4 Å². The van der Waals surface area contributed by atoms with Gasteiger partial charge in [0.1, 0.15) is 11.8 Å². The molecule has 1 aliphatic heterocycles. The van der Waals surface area contributed by atoms with Crippen LogP contribution in [-0.4, -0.2) is 49.7 Å². The van der Waals surface area contributed by atoms with Gasteiger partial charge in [-0.25, -0.2) is 4.79 Å². The standard InChI is InChI=1S/C21H32N2O4S2/c1-5-14(2)18(20(25)27-4)23-19(24)16(22)10-11-21(28-12-13-29-21)15-8-6-7-9-17(15)26-3/h6-9,14,16,18H,5,10-13,22H2,1-4H3,(H,23,24)/t14-,16-,18-/m0/s1. The van der Waals surface area contributed by atoms with Crippen molar-refractivity contribution in [3.63, 3.8) is 0 Å². The van der Waals surface area contributed by atoms with E-state index in [-0.39, 0.29) is 15.9 Å². The van der Waals surface area contributed by atoms with E-state index in [1.165, 1.54) is 7.11 Å². The molecule has 2 rings (SSSR count). The Balaban J connectivity index is 2.07. The van der Waals surface area contributed by atoms with Crippen molar-refractivity contribution in [3.05, 3.63) is 29.8 Å². The first-order chi connectivity index (χ1) is 13.9. The van der Waals surface area contributed by atoms with Crippen LogP contribution in [0.2, 0.25) is 0 Å². The molecule has 0 aliphatic carbocycles. The van der Waals surface area contributed by atoms with Crippen molar-refractivity contribution in [2.24, 2.45) is 11.7 Å². The maximum atomic E-state index is 12.7. The van der Waals surface area contributed by atoms with Crippen molar-refractivity contribution >= 4 is 35.4 Å². The van der Waals surface area contributed by atoms with Gasteiger partial charge in [0.15, 0.2) is 0 Å². The second-order valence-corrected chi connectivity index (χ2v) is 10.2. The molecule has 1 aliphatic rings. The van der Waals surface area contributed by atoms with Gasteiger partial charge in [-0.15, -0.1) is 23.5 Å². The van der Waals surface area contributed by atoms with Crippen molar-refractivity contribution in [1.29, 1.82) is 0 Å². The molecule has 1 heterocycles. The summed E-state index contributed by atoms with van der Waals surface area (Å²) in [5.41, 5.74) is 7.35. The number of thioether (sulfide) groups is 2. The number of methoxy groups -OCH3 is 2. The van der Waals surface area contributed by atoms with Crippen molar-refractivity contribution in [2.75, 3.05) is 25.7 Å². The first-order valence-electron chi connectivity index (χ1n) is 9.93. The lowest BCUT2D eigenvalue weighted by Gasteiger charge is -2.30. The molecule has 3 atom stereocenters. The molecule has 0 spiro atoms. The number of carbonyl (C=O) groups excluding carboxylic acids is 2. The maximum absolute atomic E-state index is 12.7. The molecule has 0 bridgehead atoms. The SMILES string of the molecule is CC[C@H](C)[C@H](NC(=O)[C@@H](N)CCC1(c2ccccc2OC)SCCS1)C(=O)OC. The maximum Gasteiger partial charge on any atom is 0.328 e. The van der Waals surface area contributed by atoms with Gasteiger partial charge in [-0.1, -0.05) is 38.5 Å². The van der Waals surface area contributed by atoms with E-state index in [4.69, 9.17) is 15.2 Å². The van der Waals surface area contributed by atoms with Gasteiger partial charge in [-0.3, -0.25) is 4.79 Å². The smallest absolute Gasteiger partial charge is 0.328 e. The number of amides is 1. The summed E-state index contributed by atoms with van der Waals surface area (Å²) in [6, 6.07) is 6.66. The molecule has 3 N–H and O–H groups in total. The van der Waals surface area contributed by atoms with E-state index in [0.717, 1.165) is 35.7 Å². The highest BCUT2D eigenvalue weighted by Crippen LogP contribution is 2.57. The van der Waals surface area contributed by atoms with Gasteiger partial charge in [0.2, 0.25) is 5.91 Å². The molecule has 1 aromatic carbocycles. The molecule has 6 nitrogen and oxygen atoms in total. The minimum Gasteiger partial charge on any atom is -0.496 e. The number of para-hydroxylation sites is 1. The fourth-order valence-corrected chi connectivity index (χ4v) is 6.71. The Morgan fingerprint density at radius 3 is 2.48 bits per heavy atom. The molecule has 8 heteroatoms. The number of esters is 1. The van der Waals surface area contributed by atoms with Gasteiger partial charge in [-0.2, -0.15) is 0 Å². The molecule has 0 radical (unpaired) electrons. The first-order valence-corrected chi connectivity index (χ1v) is 11.9. The summed E-state index contributed by atoms with van der Waals surface area (Å²) in [5, 5.41) is 2.79. The highest BCUT2D eigenvalue weighted by Gasteiger charge is 2.40. The van der Waals surface area contributed by atoms with Gasteiger partial charge >= 0.3 is 5.97 Å². The van der Waals surface area contributed by atoms with Crippen LogP contribution in [0.5, 0.6) is 5.75 Å². The number of nitrogens with one attached hydrogen (secondary N) is 1. The van der Waals surface area contributed by atoms with Gasteiger partial charge in [0.25, 0.3) is 0 Å². The predicted octanol–water partition coefficient (Wildman–Crippen LogP) is 3.14. The minimum atomic E-state index is -0.695. The quantitative estimate of drug-likeness (QED) is 0.540. The monoisotopic (exact) mass is 440 g/mol. The Morgan fingerprint density at radius 2 is 1.90 bits per heavy atom. The zero-order valence-electron chi connectivity index (χ0n) is 17.6. The predicted molar refractivity (Wildman–Crippen MR) is 120 cm³/mol. The lowest BCUT2D eigenvalue weighted by molar-refractivity contribution is -0.146. The number of rotatable bonds is 10. The van der Waals surface area contributed by atoms with E-state index in [1.807, 2.05) is 55.6 Å². The Hall–Kier alpha value is -1.38. The zero-order valence-corrected chi connectivity index (χ0v) is 19.2. The van der Waals surface area contributed by atoms with Gasteiger partial charge in [0, 0.05) is 17.1 Å². The molecule has 1 fully saturated rings. The third-order valence-corrected chi connectivity index (χ3v) is 8.92. The third kappa shape index (κ3) is 5.83. The van der Waals surface area contributed by atoms with Crippen molar-refractivity contribution in [3.8, 4) is 5.75 Å². The van der Waals surface area contributed by atoms with Crippen LogP contribution in [0.15, 0.2) is 24.3 Å². The average molecular weight is 441 g/mol. The summed E-state index contributed by atoms with van der Waals surface area (Å²) in [6.07, 6.45) is 2.00. The Kier molecular flexibility index (Phi) is 9.17. The summed E-state index contributed by atoms with van der Waals surface area (Å²) in [4.78, 5) is 24.7. The van der Waals surface area contributed by atoms with Crippen LogP contribution in [0.1, 0.15) is 38.7 Å². The second kappa shape index (κ2) is 11.1. The number of carbonyl (C=O) groups is 2. The first kappa shape index (κ1) is 23.9. The van der Waals surface area contributed by atoms with Crippen LogP contribution in [0.25, 0.3) is 0 Å². The number of hydrogen-bond donors (Lipinski definition) is 2. The Labute approximate surface area is 182 Å². The molecule has 0 aromatic heterocycles. The van der Waals surface area contributed by atoms with Crippen molar-refractivity contribution in [2.45, 2.75) is 49.3 Å². The van der Waals surface area contributed by atoms with Gasteiger partial charge in [0.05, 0.1) is 24.3 Å². The van der Waals surface area contributed by atoms with E-state index >= 15 is 0 Å². The van der Waals surface area contributed by atoms with Gasteiger partial charge in [-0.05, 0) is 24.8 Å². The second-order valence-electron chi connectivity index (χ2n) is 7.19. The van der Waals surface area contributed by atoms with Crippen molar-refractivity contribution in [1.82, 2.24) is 5.32 Å². The summed E-state index contributed by atoms with van der Waals surface area (Å²) in [7, 11) is 3.01. The van der Waals surface area contributed by atoms with E-state index < -0.39 is 18.1 Å². The summed E-state index contributed by atoms with van der Waals surface area (Å²) in [5.74, 6) is 2.16. The summed E-state index contributed by atoms with van der Waals surface area (Å²) < 4.78 is 10.2. The highest BCUT2D eigenvalue weighted by atomic mass is 32.2. The van der Waals surface area contributed by atoms with E-state index in [9.17, 15) is 9.59 Å². The molecule has 29 heavy (non-hydrogen) atoms. The van der Waals surface area contributed by atoms with Crippen molar-refractivity contribution < 1.29 is 19.1 Å². The highest BCUT2D eigenvalue weighted by molar-refractivity contribution is 8.20. The molecule has 162 valence electrons. The lowest BCUT2D eigenvalue weighted by Crippen LogP contribution is -2.51. The van der Waals surface area contributed by atoms with E-state index in [0.29, 0.717) is 6.42 Å². The molecule has 0 unspecified atom stereocenters. The summed E-state index contributed by atoms with van der Waals surface area (Å²) in [6.45, 7) is 3.88. The number of benzene rings is 1. The van der Waals surface area contributed by atoms with Crippen LogP contribution in [0.4, 0.5) is 0 Å². The topological polar surface area (TPSA) is 90.7 Å².